The number of aliphatic carboxylic acids is 1. The van der Waals surface area contributed by atoms with Crippen LogP contribution in [0.1, 0.15) is 41.2 Å². The van der Waals surface area contributed by atoms with Gasteiger partial charge in [-0.05, 0) is 60.4 Å². The number of benzene rings is 3. The molecule has 8 heteroatoms. The number of rotatable bonds is 10. The SMILES string of the molecule is CCC(Oc1ccc(C(Cc2ccccc2)=NOCc2ccc(C(F)(F)F)cc2)cc1C)C(=O)O. The summed E-state index contributed by atoms with van der Waals surface area (Å²) in [5, 5.41) is 13.6. The van der Waals surface area contributed by atoms with E-state index in [-0.39, 0.29) is 6.61 Å². The summed E-state index contributed by atoms with van der Waals surface area (Å²) < 4.78 is 43.9. The zero-order valence-electron chi connectivity index (χ0n) is 19.4. The third-order valence-electron chi connectivity index (χ3n) is 5.33. The summed E-state index contributed by atoms with van der Waals surface area (Å²) in [5.41, 5.74) is 2.95. The number of alkyl halides is 3. The Kier molecular flexibility index (Phi) is 8.52. The van der Waals surface area contributed by atoms with Crippen LogP contribution in [0.25, 0.3) is 0 Å². The minimum atomic E-state index is -4.39. The molecule has 3 aromatic carbocycles. The predicted molar refractivity (Wildman–Crippen MR) is 126 cm³/mol. The highest BCUT2D eigenvalue weighted by Crippen LogP contribution is 2.29. The molecule has 1 unspecified atom stereocenters. The Morgan fingerprint density at radius 3 is 2.26 bits per heavy atom. The van der Waals surface area contributed by atoms with Gasteiger partial charge in [-0.2, -0.15) is 13.2 Å². The lowest BCUT2D eigenvalue weighted by Crippen LogP contribution is -2.26. The van der Waals surface area contributed by atoms with Crippen LogP contribution in [0.4, 0.5) is 13.2 Å². The van der Waals surface area contributed by atoms with E-state index in [0.29, 0.717) is 29.9 Å². The van der Waals surface area contributed by atoms with Crippen molar-refractivity contribution < 1.29 is 32.6 Å². The van der Waals surface area contributed by atoms with Crippen molar-refractivity contribution in [2.45, 2.75) is 45.6 Å². The highest BCUT2D eigenvalue weighted by Gasteiger charge is 2.29. The van der Waals surface area contributed by atoms with Gasteiger partial charge in [0.2, 0.25) is 0 Å². The van der Waals surface area contributed by atoms with Gasteiger partial charge in [0.05, 0.1) is 11.3 Å². The number of hydrogen-bond donors (Lipinski definition) is 1. The first-order valence-corrected chi connectivity index (χ1v) is 11.1. The molecule has 0 aliphatic rings. The molecule has 0 spiro atoms. The lowest BCUT2D eigenvalue weighted by atomic mass is 10.0. The fraction of sp³-hybridized carbons (Fsp3) is 0.259. The summed E-state index contributed by atoms with van der Waals surface area (Å²) in [7, 11) is 0. The number of halogens is 3. The molecule has 1 N–H and O–H groups in total. The molecule has 35 heavy (non-hydrogen) atoms. The Hall–Kier alpha value is -3.81. The molecular formula is C27H26F3NO4. The van der Waals surface area contributed by atoms with E-state index in [1.807, 2.05) is 43.3 Å². The zero-order valence-corrected chi connectivity index (χ0v) is 19.4. The Balaban J connectivity index is 1.81. The topological polar surface area (TPSA) is 68.1 Å². The molecule has 3 aromatic rings. The molecule has 0 fully saturated rings. The van der Waals surface area contributed by atoms with Gasteiger partial charge in [0, 0.05) is 12.0 Å². The third kappa shape index (κ3) is 7.34. The van der Waals surface area contributed by atoms with Gasteiger partial charge in [-0.1, -0.05) is 54.5 Å². The first-order chi connectivity index (χ1) is 16.7. The van der Waals surface area contributed by atoms with Gasteiger partial charge in [0.1, 0.15) is 12.4 Å². The highest BCUT2D eigenvalue weighted by atomic mass is 19.4. The van der Waals surface area contributed by atoms with Crippen molar-refractivity contribution in [1.29, 1.82) is 0 Å². The number of carboxylic acid groups (broad SMARTS) is 1. The summed E-state index contributed by atoms with van der Waals surface area (Å²) >= 11 is 0. The van der Waals surface area contributed by atoms with E-state index in [0.717, 1.165) is 28.8 Å². The summed E-state index contributed by atoms with van der Waals surface area (Å²) in [4.78, 5) is 16.8. The first kappa shape index (κ1) is 25.8. The van der Waals surface area contributed by atoms with E-state index < -0.39 is 23.8 Å². The molecule has 0 aliphatic heterocycles. The van der Waals surface area contributed by atoms with Crippen molar-refractivity contribution in [3.05, 3.63) is 101 Å². The third-order valence-corrected chi connectivity index (χ3v) is 5.33. The fourth-order valence-corrected chi connectivity index (χ4v) is 3.37. The smallest absolute Gasteiger partial charge is 0.416 e. The van der Waals surface area contributed by atoms with Crippen molar-refractivity contribution in [3.8, 4) is 5.75 Å². The molecule has 0 radical (unpaired) electrons. The molecule has 0 saturated heterocycles. The van der Waals surface area contributed by atoms with Crippen LogP contribution in [0.2, 0.25) is 0 Å². The second kappa shape index (κ2) is 11.6. The molecular weight excluding hydrogens is 459 g/mol. The standard InChI is InChI=1S/C27H26F3NO4/c1-3-24(26(32)33)35-25-14-11-21(15-18(25)2)23(16-19-7-5-4-6-8-19)31-34-17-20-9-12-22(13-10-20)27(28,29)30/h4-15,24H,3,16-17H2,1-2H3,(H,32,33). The number of carbonyl (C=O) groups is 1. The molecule has 0 aromatic heterocycles. The quantitative estimate of drug-likeness (QED) is 0.266. The van der Waals surface area contributed by atoms with E-state index in [4.69, 9.17) is 9.57 Å². The number of carboxylic acids is 1. The Labute approximate surface area is 201 Å². The number of ether oxygens (including phenoxy) is 1. The highest BCUT2D eigenvalue weighted by molar-refractivity contribution is 6.01. The van der Waals surface area contributed by atoms with Crippen LogP contribution < -0.4 is 4.74 Å². The number of nitrogens with zero attached hydrogens (tertiary/aromatic N) is 1. The summed E-state index contributed by atoms with van der Waals surface area (Å²) in [5.74, 6) is -0.563. The summed E-state index contributed by atoms with van der Waals surface area (Å²) in [6.07, 6.45) is -4.55. The zero-order chi connectivity index (χ0) is 25.4. The van der Waals surface area contributed by atoms with Crippen LogP contribution in [-0.4, -0.2) is 22.9 Å². The monoisotopic (exact) mass is 485 g/mol. The number of oxime groups is 1. The van der Waals surface area contributed by atoms with Crippen molar-refractivity contribution >= 4 is 11.7 Å². The lowest BCUT2D eigenvalue weighted by molar-refractivity contribution is -0.145. The van der Waals surface area contributed by atoms with Gasteiger partial charge in [-0.15, -0.1) is 0 Å². The van der Waals surface area contributed by atoms with E-state index >= 15 is 0 Å². The van der Waals surface area contributed by atoms with Crippen LogP contribution in [0.5, 0.6) is 5.75 Å². The predicted octanol–water partition coefficient (Wildman–Crippen LogP) is 6.42. The van der Waals surface area contributed by atoms with Crippen LogP contribution >= 0.6 is 0 Å². The second-order valence-electron chi connectivity index (χ2n) is 8.00. The van der Waals surface area contributed by atoms with E-state index in [9.17, 15) is 23.1 Å². The Morgan fingerprint density at radius 1 is 1.00 bits per heavy atom. The average Bonchev–Trinajstić information content (AvgIpc) is 2.83. The van der Waals surface area contributed by atoms with Crippen molar-refractivity contribution in [1.82, 2.24) is 0 Å². The van der Waals surface area contributed by atoms with Gasteiger partial charge in [0.25, 0.3) is 0 Å². The number of hydrogen-bond acceptors (Lipinski definition) is 4. The molecule has 3 rings (SSSR count). The maximum Gasteiger partial charge on any atom is 0.416 e. The van der Waals surface area contributed by atoms with Crippen LogP contribution in [0, 0.1) is 6.92 Å². The second-order valence-corrected chi connectivity index (χ2v) is 8.00. The largest absolute Gasteiger partial charge is 0.479 e. The van der Waals surface area contributed by atoms with Crippen molar-refractivity contribution in [2.24, 2.45) is 5.16 Å². The minimum Gasteiger partial charge on any atom is -0.479 e. The number of aryl methyl sites for hydroxylation is 1. The van der Waals surface area contributed by atoms with Crippen molar-refractivity contribution in [2.75, 3.05) is 0 Å². The van der Waals surface area contributed by atoms with Gasteiger partial charge in [-0.3, -0.25) is 0 Å². The van der Waals surface area contributed by atoms with E-state index in [2.05, 4.69) is 5.16 Å². The van der Waals surface area contributed by atoms with Crippen molar-refractivity contribution in [3.63, 3.8) is 0 Å². The van der Waals surface area contributed by atoms with Gasteiger partial charge < -0.3 is 14.7 Å². The lowest BCUT2D eigenvalue weighted by Gasteiger charge is -2.16. The van der Waals surface area contributed by atoms with Crippen LogP contribution in [-0.2, 0) is 28.8 Å². The molecule has 184 valence electrons. The molecule has 0 aliphatic carbocycles. The Morgan fingerprint density at radius 2 is 1.69 bits per heavy atom. The molecule has 0 saturated carbocycles. The average molecular weight is 486 g/mol. The molecule has 5 nitrogen and oxygen atoms in total. The normalized spacial score (nSPS) is 12.8. The van der Waals surface area contributed by atoms with Gasteiger partial charge >= 0.3 is 12.1 Å². The maximum absolute atomic E-state index is 12.8. The first-order valence-electron chi connectivity index (χ1n) is 11.1. The molecule has 0 amide bonds. The maximum atomic E-state index is 12.8. The van der Waals surface area contributed by atoms with E-state index in [1.54, 1.807) is 19.1 Å². The van der Waals surface area contributed by atoms with Crippen LogP contribution in [0.3, 0.4) is 0 Å². The molecule has 0 bridgehead atoms. The Bertz CT molecular complexity index is 1160. The molecule has 1 atom stereocenters. The summed E-state index contributed by atoms with van der Waals surface area (Å²) in [6, 6.07) is 19.7. The minimum absolute atomic E-state index is 0.00734. The van der Waals surface area contributed by atoms with E-state index in [1.165, 1.54) is 12.1 Å². The van der Waals surface area contributed by atoms with Gasteiger partial charge in [-0.25, -0.2) is 4.79 Å². The van der Waals surface area contributed by atoms with Crippen LogP contribution in [0.15, 0.2) is 78.0 Å². The summed E-state index contributed by atoms with van der Waals surface area (Å²) in [6.45, 7) is 3.56. The molecule has 0 heterocycles. The van der Waals surface area contributed by atoms with Gasteiger partial charge in [0.15, 0.2) is 6.10 Å². The fourth-order valence-electron chi connectivity index (χ4n) is 3.37.